The van der Waals surface area contributed by atoms with E-state index < -0.39 is 22.9 Å². The number of hydrogen-bond acceptors (Lipinski definition) is 7. The number of hydrogen-bond donors (Lipinski definition) is 1. The molecule has 0 saturated carbocycles. The highest BCUT2D eigenvalue weighted by Gasteiger charge is 2.60. The Morgan fingerprint density at radius 2 is 1.92 bits per heavy atom. The molecule has 1 atom stereocenters. The van der Waals surface area contributed by atoms with Crippen LogP contribution in [-0.4, -0.2) is 56.6 Å². The SMILES string of the molecule is Cc1ccc2c(c1)[C@@]1(CC(=O)N(I)c3c1nnn3Cc1ccc(Cl)cc1)C(=O)N2CC(=O)OC(C)(C)CCO. The molecule has 0 radical (unpaired) electrons. The minimum atomic E-state index is -1.44. The molecule has 204 valence electrons. The van der Waals surface area contributed by atoms with Gasteiger partial charge in [0.25, 0.3) is 0 Å². The van der Waals surface area contributed by atoms with Crippen LogP contribution in [0, 0.1) is 6.92 Å². The summed E-state index contributed by atoms with van der Waals surface area (Å²) in [5, 5.41) is 18.7. The highest BCUT2D eigenvalue weighted by molar-refractivity contribution is 14.1. The van der Waals surface area contributed by atoms with E-state index >= 15 is 0 Å². The normalized spacial score (nSPS) is 18.5. The van der Waals surface area contributed by atoms with E-state index in [0.29, 0.717) is 34.3 Å². The minimum absolute atomic E-state index is 0.141. The number of fused-ring (bicyclic) bond motifs is 4. The summed E-state index contributed by atoms with van der Waals surface area (Å²) in [6.07, 6.45) is 0.103. The first-order valence-electron chi connectivity index (χ1n) is 12.4. The molecule has 3 heterocycles. The largest absolute Gasteiger partial charge is 0.458 e. The first kappa shape index (κ1) is 27.5. The van der Waals surface area contributed by atoms with Gasteiger partial charge in [0.2, 0.25) is 11.8 Å². The number of rotatable bonds is 7. The Labute approximate surface area is 244 Å². The number of carbonyl (C=O) groups excluding carboxylic acids is 3. The number of nitrogens with zero attached hydrogens (tertiary/aromatic N) is 5. The van der Waals surface area contributed by atoms with Gasteiger partial charge in [0.15, 0.2) is 5.82 Å². The van der Waals surface area contributed by atoms with Gasteiger partial charge in [-0.25, -0.2) is 7.80 Å². The standard InChI is InChI=1S/C27H27ClIN5O5/c1-16-4-9-20-19(12-16)27(25(38)32(20)15-22(37)39-26(2,3)10-11-35)13-21(36)34(29)24-23(27)30-31-33(24)14-17-5-7-18(28)8-6-17/h4-9,12,35H,10-11,13-15H2,1-3H3/t27-/m1/s1. The van der Waals surface area contributed by atoms with Crippen LogP contribution in [0.25, 0.3) is 0 Å². The highest BCUT2D eigenvalue weighted by Crippen LogP contribution is 2.53. The molecule has 0 saturated heterocycles. The number of halogens is 2. The zero-order valence-electron chi connectivity index (χ0n) is 21.6. The lowest BCUT2D eigenvalue weighted by Gasteiger charge is -2.34. The summed E-state index contributed by atoms with van der Waals surface area (Å²) in [7, 11) is 0. The van der Waals surface area contributed by atoms with Crippen LogP contribution in [0.3, 0.4) is 0 Å². The van der Waals surface area contributed by atoms with E-state index in [1.54, 1.807) is 36.7 Å². The predicted molar refractivity (Wildman–Crippen MR) is 153 cm³/mol. The monoisotopic (exact) mass is 663 g/mol. The predicted octanol–water partition coefficient (Wildman–Crippen LogP) is 3.71. The van der Waals surface area contributed by atoms with Crippen molar-refractivity contribution in [1.29, 1.82) is 0 Å². The fraction of sp³-hybridized carbons (Fsp3) is 0.370. The second-order valence-corrected chi connectivity index (χ2v) is 11.8. The van der Waals surface area contributed by atoms with Crippen LogP contribution in [0.1, 0.15) is 49.1 Å². The number of ether oxygens (including phenoxy) is 1. The molecule has 39 heavy (non-hydrogen) atoms. The third kappa shape index (κ3) is 4.80. The molecule has 1 aromatic heterocycles. The van der Waals surface area contributed by atoms with Gasteiger partial charge in [-0.1, -0.05) is 46.6 Å². The lowest BCUT2D eigenvalue weighted by atomic mass is 9.73. The summed E-state index contributed by atoms with van der Waals surface area (Å²) >= 11 is 7.95. The number of aliphatic hydroxyl groups excluding tert-OH is 1. The molecule has 2 aromatic carbocycles. The Morgan fingerprint density at radius 1 is 1.21 bits per heavy atom. The first-order chi connectivity index (χ1) is 18.5. The van der Waals surface area contributed by atoms with Crippen LogP contribution in [0.5, 0.6) is 0 Å². The molecule has 3 aromatic rings. The Hall–Kier alpha value is -3.03. The molecule has 5 rings (SSSR count). The number of benzene rings is 2. The maximum absolute atomic E-state index is 14.3. The average Bonchev–Trinajstić information content (AvgIpc) is 3.38. The second kappa shape index (κ2) is 10.2. The third-order valence-electron chi connectivity index (χ3n) is 7.08. The lowest BCUT2D eigenvalue weighted by Crippen LogP contribution is -2.49. The van der Waals surface area contributed by atoms with Gasteiger partial charge in [-0.2, -0.15) is 0 Å². The number of anilines is 2. The Morgan fingerprint density at radius 3 is 2.62 bits per heavy atom. The van der Waals surface area contributed by atoms with Crippen molar-refractivity contribution in [3.8, 4) is 0 Å². The maximum atomic E-state index is 14.3. The summed E-state index contributed by atoms with van der Waals surface area (Å²) in [5.74, 6) is -0.916. The number of aryl methyl sites for hydroxylation is 1. The van der Waals surface area contributed by atoms with Gasteiger partial charge in [0.1, 0.15) is 23.3 Å². The molecule has 2 aliphatic heterocycles. The molecule has 0 unspecified atom stereocenters. The Bertz CT molecular complexity index is 1470. The summed E-state index contributed by atoms with van der Waals surface area (Å²) in [5.41, 5.74) is 0.945. The van der Waals surface area contributed by atoms with Crippen molar-refractivity contribution in [2.45, 2.75) is 51.2 Å². The molecule has 1 N–H and O–H groups in total. The summed E-state index contributed by atoms with van der Waals surface area (Å²) in [6, 6.07) is 12.8. The number of aliphatic hydroxyl groups is 1. The van der Waals surface area contributed by atoms with E-state index in [9.17, 15) is 19.5 Å². The van der Waals surface area contributed by atoms with Crippen LogP contribution >= 0.6 is 34.5 Å². The fourth-order valence-corrected chi connectivity index (χ4v) is 5.95. The third-order valence-corrected chi connectivity index (χ3v) is 8.33. The first-order valence-corrected chi connectivity index (χ1v) is 13.7. The van der Waals surface area contributed by atoms with Crippen molar-refractivity contribution in [3.63, 3.8) is 0 Å². The van der Waals surface area contributed by atoms with Crippen LogP contribution < -0.4 is 8.01 Å². The Kier molecular flexibility index (Phi) is 7.18. The Balaban J connectivity index is 1.58. The smallest absolute Gasteiger partial charge is 0.326 e. The minimum Gasteiger partial charge on any atom is -0.458 e. The van der Waals surface area contributed by atoms with E-state index in [1.807, 2.05) is 54.1 Å². The molecule has 0 bridgehead atoms. The number of esters is 1. The van der Waals surface area contributed by atoms with Crippen LogP contribution in [0.4, 0.5) is 11.5 Å². The molecule has 10 nitrogen and oxygen atoms in total. The van der Waals surface area contributed by atoms with Crippen molar-refractivity contribution >= 4 is 63.8 Å². The fourth-order valence-electron chi connectivity index (χ4n) is 5.17. The molecule has 0 aliphatic carbocycles. The van der Waals surface area contributed by atoms with Gasteiger partial charge in [0.05, 0.1) is 35.8 Å². The van der Waals surface area contributed by atoms with Crippen molar-refractivity contribution in [2.24, 2.45) is 0 Å². The van der Waals surface area contributed by atoms with Crippen molar-refractivity contribution < 1.29 is 24.2 Å². The molecule has 12 heteroatoms. The van der Waals surface area contributed by atoms with Gasteiger partial charge in [0, 0.05) is 23.7 Å². The zero-order valence-corrected chi connectivity index (χ0v) is 24.6. The van der Waals surface area contributed by atoms with E-state index in [-0.39, 0.29) is 31.9 Å². The van der Waals surface area contributed by atoms with E-state index in [2.05, 4.69) is 10.3 Å². The molecule has 1 spiro atoms. The van der Waals surface area contributed by atoms with Gasteiger partial charge in [-0.3, -0.25) is 19.3 Å². The number of amides is 2. The van der Waals surface area contributed by atoms with E-state index in [1.165, 1.54) is 8.01 Å². The molecular formula is C27H27ClIN5O5. The zero-order chi connectivity index (χ0) is 28.1. The lowest BCUT2D eigenvalue weighted by molar-refractivity contribution is -0.156. The van der Waals surface area contributed by atoms with Gasteiger partial charge >= 0.3 is 5.97 Å². The van der Waals surface area contributed by atoms with Crippen molar-refractivity contribution in [2.75, 3.05) is 21.2 Å². The van der Waals surface area contributed by atoms with Gasteiger partial charge in [-0.05, 0) is 50.1 Å². The number of aromatic nitrogens is 3. The molecular weight excluding hydrogens is 637 g/mol. The summed E-state index contributed by atoms with van der Waals surface area (Å²) in [6.45, 7) is 5.13. The van der Waals surface area contributed by atoms with Crippen LogP contribution in [-0.2, 0) is 31.1 Å². The molecule has 2 amide bonds. The number of carbonyl (C=O) groups is 3. The average molecular weight is 664 g/mol. The van der Waals surface area contributed by atoms with Crippen molar-refractivity contribution in [1.82, 2.24) is 15.0 Å². The second-order valence-electron chi connectivity index (χ2n) is 10.4. The quantitative estimate of drug-likeness (QED) is 0.233. The molecule has 2 aliphatic rings. The van der Waals surface area contributed by atoms with E-state index in [4.69, 9.17) is 16.3 Å². The van der Waals surface area contributed by atoms with Gasteiger partial charge < -0.3 is 9.84 Å². The molecule has 0 fully saturated rings. The summed E-state index contributed by atoms with van der Waals surface area (Å²) < 4.78 is 8.63. The van der Waals surface area contributed by atoms with Crippen molar-refractivity contribution in [3.05, 3.63) is 69.9 Å². The highest BCUT2D eigenvalue weighted by atomic mass is 127. The van der Waals surface area contributed by atoms with Crippen LogP contribution in [0.15, 0.2) is 42.5 Å². The maximum Gasteiger partial charge on any atom is 0.326 e. The topological polar surface area (TPSA) is 118 Å². The van der Waals surface area contributed by atoms with Crippen LogP contribution in [0.2, 0.25) is 5.02 Å². The van der Waals surface area contributed by atoms with E-state index in [0.717, 1.165) is 11.1 Å². The van der Waals surface area contributed by atoms with Gasteiger partial charge in [-0.15, -0.1) is 5.10 Å². The summed E-state index contributed by atoms with van der Waals surface area (Å²) in [4.78, 5) is 42.1.